The topological polar surface area (TPSA) is 84.9 Å². The highest BCUT2D eigenvalue weighted by Crippen LogP contribution is 2.44. The number of hydrogen-bond acceptors (Lipinski definition) is 5. The number of amides is 2. The van der Waals surface area contributed by atoms with Crippen LogP contribution < -0.4 is 5.32 Å². The van der Waals surface area contributed by atoms with Crippen LogP contribution in [0.1, 0.15) is 37.3 Å². The van der Waals surface area contributed by atoms with Gasteiger partial charge in [-0.15, -0.1) is 6.58 Å². The average Bonchev–Trinajstić information content (AvgIpc) is 3.15. The first-order valence-electron chi connectivity index (χ1n) is 11.4. The van der Waals surface area contributed by atoms with Crippen LogP contribution >= 0.6 is 0 Å². The molecule has 2 aromatic carbocycles. The van der Waals surface area contributed by atoms with E-state index >= 15 is 0 Å². The molecular weight excluding hydrogens is 432 g/mol. The minimum absolute atomic E-state index is 0.0750. The molecule has 3 rings (SSSR count). The van der Waals surface area contributed by atoms with Crippen molar-refractivity contribution >= 4 is 18.0 Å². The molecule has 180 valence electrons. The standard InChI is InChI=1S/C27H32N2O5/c1-5-14-29(16-25(30)33-4)26(31)24(15-18(2)3)28-27(32)34-17-23-21-12-8-6-10-19(21)20-11-7-9-13-22(20)23/h5-13,18,23-24H,1,14-17H2,2-4H3,(H,28,32)/t24-/m0/s1. The number of nitrogens with one attached hydrogen (secondary N) is 1. The van der Waals surface area contributed by atoms with Crippen LogP contribution in [0.15, 0.2) is 61.2 Å². The molecule has 0 spiro atoms. The number of nitrogens with zero attached hydrogens (tertiary/aromatic N) is 1. The lowest BCUT2D eigenvalue weighted by molar-refractivity contribution is -0.147. The first kappa shape index (κ1) is 25.0. The normalized spacial score (nSPS) is 12.9. The Morgan fingerprint density at radius 2 is 1.65 bits per heavy atom. The summed E-state index contributed by atoms with van der Waals surface area (Å²) in [5.41, 5.74) is 4.51. The third kappa shape index (κ3) is 5.84. The highest BCUT2D eigenvalue weighted by Gasteiger charge is 2.31. The number of esters is 1. The van der Waals surface area contributed by atoms with E-state index in [0.717, 1.165) is 22.3 Å². The summed E-state index contributed by atoms with van der Waals surface area (Å²) in [5.74, 6) is -0.868. The van der Waals surface area contributed by atoms with E-state index in [2.05, 4.69) is 24.0 Å². The Labute approximate surface area is 200 Å². The molecule has 7 nitrogen and oxygen atoms in total. The average molecular weight is 465 g/mol. The molecule has 1 N–H and O–H groups in total. The van der Waals surface area contributed by atoms with Crippen molar-refractivity contribution in [3.8, 4) is 11.1 Å². The van der Waals surface area contributed by atoms with Gasteiger partial charge in [0.1, 0.15) is 19.2 Å². The molecule has 0 heterocycles. The summed E-state index contributed by atoms with van der Waals surface area (Å²) in [6.45, 7) is 7.66. The Balaban J connectivity index is 1.70. The van der Waals surface area contributed by atoms with Crippen molar-refractivity contribution in [2.45, 2.75) is 32.2 Å². The number of benzene rings is 2. The first-order valence-corrected chi connectivity index (χ1v) is 11.4. The van der Waals surface area contributed by atoms with E-state index < -0.39 is 18.1 Å². The van der Waals surface area contributed by atoms with E-state index in [0.29, 0.717) is 6.42 Å². The van der Waals surface area contributed by atoms with Crippen LogP contribution in [0.4, 0.5) is 4.79 Å². The fraction of sp³-hybridized carbons (Fsp3) is 0.370. The Morgan fingerprint density at radius 3 is 2.18 bits per heavy atom. The fourth-order valence-electron chi connectivity index (χ4n) is 4.30. The number of hydrogen-bond donors (Lipinski definition) is 1. The summed E-state index contributed by atoms with van der Waals surface area (Å²) in [5, 5.41) is 2.71. The van der Waals surface area contributed by atoms with E-state index in [1.807, 2.05) is 50.2 Å². The monoisotopic (exact) mass is 464 g/mol. The SMILES string of the molecule is C=CCN(CC(=O)OC)C(=O)[C@H](CC(C)C)NC(=O)OCC1c2ccccc2-c2ccccc21. The molecule has 34 heavy (non-hydrogen) atoms. The molecular formula is C27H32N2O5. The van der Waals surface area contributed by atoms with Crippen LogP contribution in [0.5, 0.6) is 0 Å². The van der Waals surface area contributed by atoms with Crippen LogP contribution in [0, 0.1) is 5.92 Å². The Morgan fingerprint density at radius 1 is 1.06 bits per heavy atom. The minimum Gasteiger partial charge on any atom is -0.468 e. The van der Waals surface area contributed by atoms with Crippen LogP contribution in [0.25, 0.3) is 11.1 Å². The predicted molar refractivity (Wildman–Crippen MR) is 130 cm³/mol. The lowest BCUT2D eigenvalue weighted by atomic mass is 9.98. The maximum atomic E-state index is 13.1. The maximum absolute atomic E-state index is 13.1. The zero-order chi connectivity index (χ0) is 24.7. The highest BCUT2D eigenvalue weighted by molar-refractivity contribution is 5.88. The number of alkyl carbamates (subject to hydrolysis) is 1. The first-order chi connectivity index (χ1) is 16.3. The number of ether oxygens (including phenoxy) is 2. The number of rotatable bonds is 10. The van der Waals surface area contributed by atoms with Gasteiger partial charge in [-0.05, 0) is 34.6 Å². The Bertz CT molecular complexity index is 1000. The molecule has 1 aliphatic carbocycles. The van der Waals surface area contributed by atoms with Crippen molar-refractivity contribution in [2.75, 3.05) is 26.8 Å². The van der Waals surface area contributed by atoms with Crippen molar-refractivity contribution in [1.29, 1.82) is 0 Å². The van der Waals surface area contributed by atoms with Crippen molar-refractivity contribution in [2.24, 2.45) is 5.92 Å². The summed E-state index contributed by atoms with van der Waals surface area (Å²) in [7, 11) is 1.26. The molecule has 2 amide bonds. The molecule has 0 bridgehead atoms. The zero-order valence-corrected chi connectivity index (χ0v) is 20.0. The molecule has 0 unspecified atom stereocenters. The predicted octanol–water partition coefficient (Wildman–Crippen LogP) is 4.13. The molecule has 1 atom stereocenters. The molecule has 2 aromatic rings. The van der Waals surface area contributed by atoms with Gasteiger partial charge in [-0.3, -0.25) is 9.59 Å². The van der Waals surface area contributed by atoms with Crippen LogP contribution in [0.2, 0.25) is 0 Å². The van der Waals surface area contributed by atoms with E-state index in [1.165, 1.54) is 18.1 Å². The van der Waals surface area contributed by atoms with Gasteiger partial charge in [0.05, 0.1) is 7.11 Å². The number of methoxy groups -OCH3 is 1. The van der Waals surface area contributed by atoms with Crippen molar-refractivity contribution in [1.82, 2.24) is 10.2 Å². The van der Waals surface area contributed by atoms with Gasteiger partial charge < -0.3 is 19.7 Å². The van der Waals surface area contributed by atoms with Crippen molar-refractivity contribution in [3.63, 3.8) is 0 Å². The summed E-state index contributed by atoms with van der Waals surface area (Å²) in [6.07, 6.45) is 1.26. The summed E-state index contributed by atoms with van der Waals surface area (Å²) in [6, 6.07) is 15.4. The van der Waals surface area contributed by atoms with Gasteiger partial charge >= 0.3 is 12.1 Å². The van der Waals surface area contributed by atoms with Gasteiger partial charge in [-0.1, -0.05) is 68.5 Å². The summed E-state index contributed by atoms with van der Waals surface area (Å²) >= 11 is 0. The molecule has 0 aliphatic heterocycles. The van der Waals surface area contributed by atoms with Crippen LogP contribution in [-0.4, -0.2) is 55.7 Å². The zero-order valence-electron chi connectivity index (χ0n) is 20.0. The lowest BCUT2D eigenvalue weighted by Gasteiger charge is -2.27. The lowest BCUT2D eigenvalue weighted by Crippen LogP contribution is -2.50. The molecule has 0 saturated carbocycles. The molecule has 0 radical (unpaired) electrons. The molecule has 0 aromatic heterocycles. The Hall–Kier alpha value is -3.61. The third-order valence-corrected chi connectivity index (χ3v) is 5.85. The second-order valence-corrected chi connectivity index (χ2v) is 8.74. The Kier molecular flexibility index (Phi) is 8.46. The smallest absolute Gasteiger partial charge is 0.407 e. The number of fused-ring (bicyclic) bond motifs is 3. The summed E-state index contributed by atoms with van der Waals surface area (Å²) < 4.78 is 10.3. The van der Waals surface area contributed by atoms with Crippen LogP contribution in [-0.2, 0) is 19.1 Å². The van der Waals surface area contributed by atoms with Crippen molar-refractivity contribution in [3.05, 3.63) is 72.3 Å². The second-order valence-electron chi connectivity index (χ2n) is 8.74. The molecule has 1 aliphatic rings. The fourth-order valence-corrected chi connectivity index (χ4v) is 4.30. The van der Waals surface area contributed by atoms with E-state index in [9.17, 15) is 14.4 Å². The van der Waals surface area contributed by atoms with E-state index in [1.54, 1.807) is 0 Å². The van der Waals surface area contributed by atoms with Gasteiger partial charge in [-0.25, -0.2) is 4.79 Å². The molecule has 0 fully saturated rings. The largest absolute Gasteiger partial charge is 0.468 e. The maximum Gasteiger partial charge on any atom is 0.407 e. The van der Waals surface area contributed by atoms with Crippen molar-refractivity contribution < 1.29 is 23.9 Å². The third-order valence-electron chi connectivity index (χ3n) is 5.85. The molecule has 0 saturated heterocycles. The van der Waals surface area contributed by atoms with Gasteiger partial charge in [-0.2, -0.15) is 0 Å². The van der Waals surface area contributed by atoms with Gasteiger partial charge in [0.2, 0.25) is 5.91 Å². The summed E-state index contributed by atoms with van der Waals surface area (Å²) in [4.78, 5) is 39.0. The van der Waals surface area contributed by atoms with Gasteiger partial charge in [0.25, 0.3) is 0 Å². The van der Waals surface area contributed by atoms with E-state index in [4.69, 9.17) is 9.47 Å². The minimum atomic E-state index is -0.833. The second kappa shape index (κ2) is 11.5. The number of carbonyl (C=O) groups is 3. The quantitative estimate of drug-likeness (QED) is 0.422. The molecule has 7 heteroatoms. The van der Waals surface area contributed by atoms with Crippen LogP contribution in [0.3, 0.4) is 0 Å². The van der Waals surface area contributed by atoms with E-state index in [-0.39, 0.29) is 37.4 Å². The highest BCUT2D eigenvalue weighted by atomic mass is 16.5. The van der Waals surface area contributed by atoms with Gasteiger partial charge in [0, 0.05) is 12.5 Å². The van der Waals surface area contributed by atoms with Gasteiger partial charge in [0.15, 0.2) is 0 Å². The number of carbonyl (C=O) groups excluding carboxylic acids is 3.